The molecule has 0 bridgehead atoms. The van der Waals surface area contributed by atoms with Crippen LogP contribution in [0.2, 0.25) is 0 Å². The number of anilines is 1. The smallest absolute Gasteiger partial charge is 0.290 e. The second-order valence-corrected chi connectivity index (χ2v) is 10.2. The fourth-order valence-electron chi connectivity index (χ4n) is 3.54. The Balaban J connectivity index is 0.00000122. The van der Waals surface area contributed by atoms with Crippen LogP contribution in [0.15, 0.2) is 71.9 Å². The van der Waals surface area contributed by atoms with E-state index < -0.39 is 10.0 Å². The van der Waals surface area contributed by atoms with Crippen LogP contribution in [-0.2, 0) is 27.7 Å². The summed E-state index contributed by atoms with van der Waals surface area (Å²) in [4.78, 5) is 12.7. The molecular formula is C26H32N2O4S. The summed E-state index contributed by atoms with van der Waals surface area (Å²) in [7, 11) is -3.64. The Morgan fingerprint density at radius 1 is 0.939 bits per heavy atom. The Morgan fingerprint density at radius 3 is 2.00 bits per heavy atom. The lowest BCUT2D eigenvalue weighted by atomic mass is 10.1. The molecule has 176 valence electrons. The third-order valence-corrected chi connectivity index (χ3v) is 6.91. The summed E-state index contributed by atoms with van der Waals surface area (Å²) in [6.45, 7) is 8.24. The van der Waals surface area contributed by atoms with Gasteiger partial charge in [-0.1, -0.05) is 43.7 Å². The molecule has 3 aromatic rings. The van der Waals surface area contributed by atoms with E-state index in [0.29, 0.717) is 11.4 Å². The molecule has 3 rings (SSSR count). The number of carbonyl (C=O) groups is 1. The molecule has 7 heteroatoms. The van der Waals surface area contributed by atoms with E-state index in [2.05, 4.69) is 4.98 Å². The molecule has 0 atom stereocenters. The van der Waals surface area contributed by atoms with Crippen LogP contribution >= 0.6 is 0 Å². The zero-order chi connectivity index (χ0) is 24.4. The van der Waals surface area contributed by atoms with Gasteiger partial charge in [0.1, 0.15) is 0 Å². The number of rotatable bonds is 8. The molecule has 0 aliphatic carbocycles. The van der Waals surface area contributed by atoms with Crippen molar-refractivity contribution in [2.24, 2.45) is 5.92 Å². The van der Waals surface area contributed by atoms with E-state index >= 15 is 0 Å². The minimum absolute atomic E-state index is 0.208. The van der Waals surface area contributed by atoms with Gasteiger partial charge in [-0.3, -0.25) is 14.1 Å². The van der Waals surface area contributed by atoms with Crippen LogP contribution in [0, 0.1) is 19.8 Å². The van der Waals surface area contributed by atoms with Gasteiger partial charge in [-0.15, -0.1) is 0 Å². The zero-order valence-corrected chi connectivity index (χ0v) is 20.4. The predicted octanol–water partition coefficient (Wildman–Crippen LogP) is 5.04. The van der Waals surface area contributed by atoms with Gasteiger partial charge in [-0.25, -0.2) is 8.42 Å². The summed E-state index contributed by atoms with van der Waals surface area (Å²) in [5.41, 5.74) is 5.17. The van der Waals surface area contributed by atoms with Gasteiger partial charge in [-0.05, 0) is 79.6 Å². The first kappa shape index (κ1) is 26.1. The van der Waals surface area contributed by atoms with Gasteiger partial charge < -0.3 is 5.11 Å². The van der Waals surface area contributed by atoms with Crippen LogP contribution in [-0.4, -0.2) is 31.5 Å². The van der Waals surface area contributed by atoms with Gasteiger partial charge in [0, 0.05) is 18.9 Å². The predicted molar refractivity (Wildman–Crippen MR) is 132 cm³/mol. The molecule has 0 unspecified atom stereocenters. The molecular weight excluding hydrogens is 436 g/mol. The van der Waals surface area contributed by atoms with Gasteiger partial charge in [0.15, 0.2) is 0 Å². The van der Waals surface area contributed by atoms with Crippen molar-refractivity contribution >= 4 is 22.2 Å². The highest BCUT2D eigenvalue weighted by Crippen LogP contribution is 2.29. The number of aryl methyl sites for hydroxylation is 4. The standard InChI is InChI=1S/C25H30N2O2S.CH2O2/c1-19(2)18-27(25-12-5-20(3)17-21(25)4)30(28,29)24-10-8-22(9-11-24)6-7-23-13-15-26-16-14-23;2-1-3/h5,8-17,19H,6-7,18H2,1-4H3;1H,(H,2,3). The molecule has 0 amide bonds. The molecule has 0 radical (unpaired) electrons. The highest BCUT2D eigenvalue weighted by molar-refractivity contribution is 7.92. The summed E-state index contributed by atoms with van der Waals surface area (Å²) in [6, 6.07) is 17.2. The molecule has 2 aromatic carbocycles. The first-order valence-corrected chi connectivity index (χ1v) is 12.3. The van der Waals surface area contributed by atoms with Crippen molar-refractivity contribution < 1.29 is 18.3 Å². The average Bonchev–Trinajstić information content (AvgIpc) is 2.78. The van der Waals surface area contributed by atoms with E-state index in [4.69, 9.17) is 9.90 Å². The van der Waals surface area contributed by atoms with Crippen LogP contribution in [0.3, 0.4) is 0 Å². The van der Waals surface area contributed by atoms with Gasteiger partial charge in [0.05, 0.1) is 10.6 Å². The lowest BCUT2D eigenvalue weighted by Crippen LogP contribution is -2.34. The van der Waals surface area contributed by atoms with Crippen molar-refractivity contribution in [1.29, 1.82) is 0 Å². The molecule has 0 aliphatic rings. The van der Waals surface area contributed by atoms with Crippen LogP contribution < -0.4 is 4.31 Å². The molecule has 1 aromatic heterocycles. The minimum atomic E-state index is -3.64. The first-order valence-electron chi connectivity index (χ1n) is 10.8. The number of hydrogen-bond acceptors (Lipinski definition) is 4. The van der Waals surface area contributed by atoms with Gasteiger partial charge in [-0.2, -0.15) is 0 Å². The molecule has 0 aliphatic heterocycles. The van der Waals surface area contributed by atoms with Crippen LogP contribution in [0.4, 0.5) is 5.69 Å². The fourth-order valence-corrected chi connectivity index (χ4v) is 5.23. The van der Waals surface area contributed by atoms with Crippen molar-refractivity contribution in [2.45, 2.75) is 45.4 Å². The third kappa shape index (κ3) is 7.43. The van der Waals surface area contributed by atoms with E-state index in [1.54, 1.807) is 28.8 Å². The maximum atomic E-state index is 13.5. The molecule has 1 N–H and O–H groups in total. The number of pyridine rings is 1. The van der Waals surface area contributed by atoms with Crippen molar-refractivity contribution in [1.82, 2.24) is 4.98 Å². The Labute approximate surface area is 197 Å². The maximum absolute atomic E-state index is 13.5. The van der Waals surface area contributed by atoms with Crippen molar-refractivity contribution in [3.63, 3.8) is 0 Å². The highest BCUT2D eigenvalue weighted by atomic mass is 32.2. The first-order chi connectivity index (χ1) is 15.7. The van der Waals surface area contributed by atoms with Gasteiger partial charge >= 0.3 is 0 Å². The number of benzene rings is 2. The summed E-state index contributed by atoms with van der Waals surface area (Å²) < 4.78 is 28.6. The molecule has 6 nitrogen and oxygen atoms in total. The second kappa shape index (κ2) is 12.2. The summed E-state index contributed by atoms with van der Waals surface area (Å²) >= 11 is 0. The monoisotopic (exact) mass is 468 g/mol. The Hall–Kier alpha value is -3.19. The number of sulfonamides is 1. The summed E-state index contributed by atoms with van der Waals surface area (Å²) in [5, 5.41) is 6.89. The van der Waals surface area contributed by atoms with Crippen LogP contribution in [0.1, 0.15) is 36.1 Å². The van der Waals surface area contributed by atoms with Crippen molar-refractivity contribution in [3.8, 4) is 0 Å². The Morgan fingerprint density at radius 2 is 1.48 bits per heavy atom. The van der Waals surface area contributed by atoms with Crippen molar-refractivity contribution in [2.75, 3.05) is 10.8 Å². The normalized spacial score (nSPS) is 10.9. The SMILES string of the molecule is Cc1ccc(N(CC(C)C)S(=O)(=O)c2ccc(CCc3ccncc3)cc2)c(C)c1.O=CO. The lowest BCUT2D eigenvalue weighted by molar-refractivity contribution is -0.122. The molecule has 0 saturated carbocycles. The quantitative estimate of drug-likeness (QED) is 0.468. The topological polar surface area (TPSA) is 87.6 Å². The minimum Gasteiger partial charge on any atom is -0.483 e. The molecule has 0 fully saturated rings. The number of carboxylic acid groups (broad SMARTS) is 1. The maximum Gasteiger partial charge on any atom is 0.290 e. The zero-order valence-electron chi connectivity index (χ0n) is 19.6. The summed E-state index contributed by atoms with van der Waals surface area (Å²) in [6.07, 6.45) is 5.34. The molecule has 1 heterocycles. The van der Waals surface area contributed by atoms with E-state index in [1.807, 2.05) is 70.2 Å². The van der Waals surface area contributed by atoms with Crippen LogP contribution in [0.5, 0.6) is 0 Å². The van der Waals surface area contributed by atoms with E-state index in [-0.39, 0.29) is 12.4 Å². The lowest BCUT2D eigenvalue weighted by Gasteiger charge is -2.28. The Bertz CT molecular complexity index is 1130. The second-order valence-electron chi connectivity index (χ2n) is 8.32. The third-order valence-electron chi connectivity index (χ3n) is 5.12. The fraction of sp³-hybridized carbons (Fsp3) is 0.308. The molecule has 33 heavy (non-hydrogen) atoms. The van der Waals surface area contributed by atoms with Gasteiger partial charge in [0.2, 0.25) is 0 Å². The van der Waals surface area contributed by atoms with E-state index in [0.717, 1.165) is 35.2 Å². The van der Waals surface area contributed by atoms with E-state index in [1.165, 1.54) is 5.56 Å². The average molecular weight is 469 g/mol. The number of aromatic nitrogens is 1. The highest BCUT2D eigenvalue weighted by Gasteiger charge is 2.26. The molecule has 0 spiro atoms. The van der Waals surface area contributed by atoms with E-state index in [9.17, 15) is 8.42 Å². The number of hydrogen-bond donors (Lipinski definition) is 1. The van der Waals surface area contributed by atoms with Crippen LogP contribution in [0.25, 0.3) is 0 Å². The number of nitrogens with zero attached hydrogens (tertiary/aromatic N) is 2. The summed E-state index contributed by atoms with van der Waals surface area (Å²) in [5.74, 6) is 0.208. The largest absolute Gasteiger partial charge is 0.483 e. The molecule has 0 saturated heterocycles. The van der Waals surface area contributed by atoms with Crippen molar-refractivity contribution in [3.05, 3.63) is 89.2 Å². The Kier molecular flexibility index (Phi) is 9.60. The van der Waals surface area contributed by atoms with Gasteiger partial charge in [0.25, 0.3) is 16.5 Å².